The number of nitrogens with zero attached hydrogens (tertiary/aromatic N) is 2. The Labute approximate surface area is 112 Å². The molecule has 0 bridgehead atoms. The molecule has 0 aromatic carbocycles. The molecular formula is C15H30N2O. The van der Waals surface area contributed by atoms with Crippen molar-refractivity contribution in [1.29, 1.82) is 0 Å². The highest BCUT2D eigenvalue weighted by Crippen LogP contribution is 2.23. The van der Waals surface area contributed by atoms with Gasteiger partial charge in [0.25, 0.3) is 0 Å². The lowest BCUT2D eigenvalue weighted by atomic mass is 9.95. The average molecular weight is 254 g/mol. The van der Waals surface area contributed by atoms with Crippen molar-refractivity contribution < 1.29 is 5.11 Å². The number of aliphatic hydroxyl groups is 1. The highest BCUT2D eigenvalue weighted by Gasteiger charge is 2.31. The normalized spacial score (nSPS) is 27.8. The second-order valence-corrected chi connectivity index (χ2v) is 6.21. The molecule has 0 amide bonds. The molecule has 1 unspecified atom stereocenters. The molecule has 2 fully saturated rings. The van der Waals surface area contributed by atoms with Crippen molar-refractivity contribution in [2.45, 2.75) is 64.0 Å². The second kappa shape index (κ2) is 6.36. The van der Waals surface area contributed by atoms with Crippen molar-refractivity contribution in [3.05, 3.63) is 0 Å². The third-order valence-electron chi connectivity index (χ3n) is 4.97. The average Bonchev–Trinajstić information content (AvgIpc) is 2.93. The summed E-state index contributed by atoms with van der Waals surface area (Å²) >= 11 is 0. The summed E-state index contributed by atoms with van der Waals surface area (Å²) in [6.07, 6.45) is 7.15. The van der Waals surface area contributed by atoms with Gasteiger partial charge in [-0.2, -0.15) is 0 Å². The third kappa shape index (κ3) is 3.46. The Morgan fingerprint density at radius 3 is 2.33 bits per heavy atom. The molecule has 0 aliphatic carbocycles. The van der Waals surface area contributed by atoms with Crippen molar-refractivity contribution in [2.75, 3.05) is 32.7 Å². The van der Waals surface area contributed by atoms with Crippen LogP contribution in [-0.4, -0.2) is 59.3 Å². The summed E-state index contributed by atoms with van der Waals surface area (Å²) in [7, 11) is 0. The predicted molar refractivity (Wildman–Crippen MR) is 75.8 cm³/mol. The van der Waals surface area contributed by atoms with Crippen molar-refractivity contribution in [3.63, 3.8) is 0 Å². The van der Waals surface area contributed by atoms with Crippen LogP contribution in [-0.2, 0) is 0 Å². The molecule has 2 rings (SSSR count). The van der Waals surface area contributed by atoms with E-state index in [9.17, 15) is 5.11 Å². The molecule has 0 aromatic rings. The largest absolute Gasteiger partial charge is 0.389 e. The standard InChI is InChI=1S/C15H30N2O/c1-3-15(18,4-2)13-16-9-7-8-14(12-16)17-10-5-6-11-17/h14,18H,3-13H2,1-2H3. The van der Waals surface area contributed by atoms with Crippen molar-refractivity contribution in [3.8, 4) is 0 Å². The SMILES string of the molecule is CCC(O)(CC)CN1CCCC(N2CCCC2)C1. The van der Waals surface area contributed by atoms with Crippen molar-refractivity contribution >= 4 is 0 Å². The monoisotopic (exact) mass is 254 g/mol. The lowest BCUT2D eigenvalue weighted by Gasteiger charge is -2.41. The number of rotatable bonds is 5. The molecule has 3 nitrogen and oxygen atoms in total. The van der Waals surface area contributed by atoms with E-state index >= 15 is 0 Å². The Morgan fingerprint density at radius 1 is 1.06 bits per heavy atom. The van der Waals surface area contributed by atoms with E-state index in [1.54, 1.807) is 0 Å². The van der Waals surface area contributed by atoms with Crippen LogP contribution in [0.2, 0.25) is 0 Å². The minimum absolute atomic E-state index is 0.465. The van der Waals surface area contributed by atoms with E-state index in [0.717, 1.165) is 25.4 Å². The van der Waals surface area contributed by atoms with Crippen LogP contribution in [0.1, 0.15) is 52.4 Å². The van der Waals surface area contributed by atoms with E-state index in [-0.39, 0.29) is 0 Å². The molecule has 1 atom stereocenters. The quantitative estimate of drug-likeness (QED) is 0.814. The molecular weight excluding hydrogens is 224 g/mol. The van der Waals surface area contributed by atoms with E-state index in [0.29, 0.717) is 0 Å². The summed E-state index contributed by atoms with van der Waals surface area (Å²) in [5, 5.41) is 10.5. The topological polar surface area (TPSA) is 26.7 Å². The molecule has 2 aliphatic heterocycles. The van der Waals surface area contributed by atoms with Crippen LogP contribution in [0.5, 0.6) is 0 Å². The zero-order valence-electron chi connectivity index (χ0n) is 12.2. The Morgan fingerprint density at radius 2 is 1.72 bits per heavy atom. The Kier molecular flexibility index (Phi) is 5.05. The van der Waals surface area contributed by atoms with Crippen LogP contribution < -0.4 is 0 Å². The van der Waals surface area contributed by atoms with Gasteiger partial charge in [0, 0.05) is 19.1 Å². The van der Waals surface area contributed by atoms with Gasteiger partial charge in [-0.05, 0) is 58.2 Å². The molecule has 2 aliphatic rings. The van der Waals surface area contributed by atoms with E-state index in [2.05, 4.69) is 23.6 Å². The first-order valence-corrected chi connectivity index (χ1v) is 7.85. The first kappa shape index (κ1) is 14.3. The number of hydrogen-bond acceptors (Lipinski definition) is 3. The number of piperidine rings is 1. The Hall–Kier alpha value is -0.120. The molecule has 18 heavy (non-hydrogen) atoms. The summed E-state index contributed by atoms with van der Waals surface area (Å²) in [6.45, 7) is 10.0. The van der Waals surface area contributed by atoms with Gasteiger partial charge in [-0.3, -0.25) is 9.80 Å². The lowest BCUT2D eigenvalue weighted by molar-refractivity contribution is -0.0176. The Bertz CT molecular complexity index is 247. The molecule has 0 saturated carbocycles. The van der Waals surface area contributed by atoms with Gasteiger partial charge >= 0.3 is 0 Å². The van der Waals surface area contributed by atoms with Crippen LogP contribution in [0.3, 0.4) is 0 Å². The van der Waals surface area contributed by atoms with Crippen LogP contribution in [0.15, 0.2) is 0 Å². The first-order chi connectivity index (χ1) is 8.67. The summed E-state index contributed by atoms with van der Waals surface area (Å²) < 4.78 is 0. The molecule has 3 heteroatoms. The lowest BCUT2D eigenvalue weighted by Crippen LogP contribution is -2.51. The maximum atomic E-state index is 10.5. The highest BCUT2D eigenvalue weighted by molar-refractivity contribution is 4.87. The summed E-state index contributed by atoms with van der Waals surface area (Å²) in [4.78, 5) is 5.17. The maximum absolute atomic E-state index is 10.5. The Balaban J connectivity index is 1.86. The van der Waals surface area contributed by atoms with Gasteiger partial charge in [0.05, 0.1) is 5.60 Å². The minimum Gasteiger partial charge on any atom is -0.389 e. The molecule has 2 heterocycles. The van der Waals surface area contributed by atoms with Gasteiger partial charge in [-0.25, -0.2) is 0 Å². The maximum Gasteiger partial charge on any atom is 0.0768 e. The zero-order chi connectivity index (χ0) is 13.0. The van der Waals surface area contributed by atoms with Gasteiger partial charge < -0.3 is 5.11 Å². The van der Waals surface area contributed by atoms with Gasteiger partial charge in [0.1, 0.15) is 0 Å². The highest BCUT2D eigenvalue weighted by atomic mass is 16.3. The van der Waals surface area contributed by atoms with Gasteiger partial charge in [0.15, 0.2) is 0 Å². The minimum atomic E-state index is -0.465. The number of hydrogen-bond donors (Lipinski definition) is 1. The molecule has 1 N–H and O–H groups in total. The summed E-state index contributed by atoms with van der Waals surface area (Å²) in [6, 6.07) is 0.749. The van der Waals surface area contributed by atoms with Gasteiger partial charge in [-0.1, -0.05) is 13.8 Å². The summed E-state index contributed by atoms with van der Waals surface area (Å²) in [5.74, 6) is 0. The zero-order valence-corrected chi connectivity index (χ0v) is 12.2. The van der Waals surface area contributed by atoms with E-state index in [1.807, 2.05) is 0 Å². The fraction of sp³-hybridized carbons (Fsp3) is 1.00. The van der Waals surface area contributed by atoms with E-state index in [4.69, 9.17) is 0 Å². The molecule has 0 radical (unpaired) electrons. The van der Waals surface area contributed by atoms with E-state index in [1.165, 1.54) is 51.9 Å². The molecule has 0 aromatic heterocycles. The molecule has 106 valence electrons. The summed E-state index contributed by atoms with van der Waals surface area (Å²) in [5.41, 5.74) is -0.465. The fourth-order valence-corrected chi connectivity index (χ4v) is 3.47. The van der Waals surface area contributed by atoms with Gasteiger partial charge in [-0.15, -0.1) is 0 Å². The van der Waals surface area contributed by atoms with Crippen LogP contribution in [0.25, 0.3) is 0 Å². The number of likely N-dealkylation sites (tertiary alicyclic amines) is 2. The number of β-amino-alcohol motifs (C(OH)–C–C–N with tert-alkyl or cyclic N) is 1. The van der Waals surface area contributed by atoms with Crippen molar-refractivity contribution in [2.24, 2.45) is 0 Å². The molecule has 2 saturated heterocycles. The fourth-order valence-electron chi connectivity index (χ4n) is 3.47. The van der Waals surface area contributed by atoms with Crippen molar-refractivity contribution in [1.82, 2.24) is 9.80 Å². The van der Waals surface area contributed by atoms with Gasteiger partial charge in [0.2, 0.25) is 0 Å². The van der Waals surface area contributed by atoms with Crippen LogP contribution in [0, 0.1) is 0 Å². The van der Waals surface area contributed by atoms with Crippen LogP contribution >= 0.6 is 0 Å². The van der Waals surface area contributed by atoms with E-state index < -0.39 is 5.60 Å². The first-order valence-electron chi connectivity index (χ1n) is 7.85. The smallest absolute Gasteiger partial charge is 0.0768 e. The molecule has 0 spiro atoms. The third-order valence-corrected chi connectivity index (χ3v) is 4.97. The van der Waals surface area contributed by atoms with Crippen LogP contribution in [0.4, 0.5) is 0 Å². The predicted octanol–water partition coefficient (Wildman–Crippen LogP) is 2.10. The second-order valence-electron chi connectivity index (χ2n) is 6.21.